The third-order valence-electron chi connectivity index (χ3n) is 10.9. The molecule has 161 valence electrons. The van der Waals surface area contributed by atoms with Gasteiger partial charge in [-0.2, -0.15) is 0 Å². The number of imide groups is 2. The molecular weight excluding hydrogens is 395 g/mol. The van der Waals surface area contributed by atoms with Gasteiger partial charge in [0, 0.05) is 17.9 Å². The molecule has 0 aromatic carbocycles. The van der Waals surface area contributed by atoms with E-state index in [1.54, 1.807) is 21.3 Å². The van der Waals surface area contributed by atoms with Gasteiger partial charge >= 0.3 is 0 Å². The van der Waals surface area contributed by atoms with Crippen molar-refractivity contribution in [3.05, 3.63) is 0 Å². The third kappa shape index (κ3) is 1.72. The molecule has 2 saturated heterocycles. The number of hydrogen-bond acceptors (Lipinski definition) is 5. The molecule has 1 radical (unpaired) electrons. The number of fused-ring (bicyclic) bond motifs is 12. The summed E-state index contributed by atoms with van der Waals surface area (Å²) >= 11 is 0. The van der Waals surface area contributed by atoms with Crippen LogP contribution in [0, 0.1) is 58.2 Å². The predicted molar refractivity (Wildman–Crippen MR) is 107 cm³/mol. The van der Waals surface area contributed by atoms with Gasteiger partial charge in [0.2, 0.25) is 23.6 Å². The van der Waals surface area contributed by atoms with Crippen LogP contribution in [0.4, 0.5) is 0 Å². The first-order chi connectivity index (χ1) is 14.8. The molecule has 6 unspecified atom stereocenters. The molecule has 7 aliphatic rings. The first-order valence-corrected chi connectivity index (χ1v) is 11.8. The topological polar surface area (TPSA) is 91.8 Å². The number of nitrogens with zero attached hydrogens (tertiary/aromatic N) is 2. The molecule has 10 atom stereocenters. The molecule has 31 heavy (non-hydrogen) atoms. The smallest absolute Gasteiger partial charge is 0.256 e. The molecule has 4 bridgehead atoms. The van der Waals surface area contributed by atoms with Crippen molar-refractivity contribution < 1.29 is 24.0 Å². The summed E-state index contributed by atoms with van der Waals surface area (Å²) < 4.78 is 0. The maximum atomic E-state index is 14.3. The van der Waals surface area contributed by atoms with E-state index in [0.717, 1.165) is 32.1 Å². The fraction of sp³-hybridized carbons (Fsp3) is 0.783. The normalized spacial score (nSPS) is 53.8. The van der Waals surface area contributed by atoms with E-state index < -0.39 is 10.8 Å². The van der Waals surface area contributed by atoms with Gasteiger partial charge in [0.15, 0.2) is 0 Å². The standard InChI is InChI=1S/C23H26BN2O5/c1-24-26-19(29)14-10-6-12(16(14)20(26)30)23(8-10)4-3-22(21(23)31)7-9-5-11(22)15-13(9)17(27)25(2)18(15)28/h9-16H,3-8H2,1-2H3/t9?,10?,11-,12-,13?,14?,15?,16?,22-,23-/m1/s1. The van der Waals surface area contributed by atoms with E-state index in [1.807, 2.05) is 0 Å². The molecule has 8 heteroatoms. The second-order valence-electron chi connectivity index (χ2n) is 11.4. The van der Waals surface area contributed by atoms with Crippen LogP contribution in [-0.4, -0.2) is 53.6 Å². The third-order valence-corrected chi connectivity index (χ3v) is 10.9. The minimum Gasteiger partial charge on any atom is -0.334 e. The van der Waals surface area contributed by atoms with Crippen molar-refractivity contribution in [3.8, 4) is 0 Å². The average molecular weight is 421 g/mol. The number of rotatable bonds is 1. The summed E-state index contributed by atoms with van der Waals surface area (Å²) in [6, 6.07) is 0. The molecule has 7 fully saturated rings. The molecule has 7 nitrogen and oxygen atoms in total. The number of carbonyl (C=O) groups is 5. The maximum absolute atomic E-state index is 14.3. The summed E-state index contributed by atoms with van der Waals surface area (Å²) in [4.78, 5) is 68.2. The summed E-state index contributed by atoms with van der Waals surface area (Å²) in [7, 11) is 3.14. The lowest BCUT2D eigenvalue weighted by Crippen LogP contribution is -2.48. The largest absolute Gasteiger partial charge is 0.334 e. The molecule has 5 aliphatic carbocycles. The van der Waals surface area contributed by atoms with Gasteiger partial charge in [-0.3, -0.25) is 28.9 Å². The van der Waals surface area contributed by atoms with Crippen LogP contribution in [-0.2, 0) is 24.0 Å². The summed E-state index contributed by atoms with van der Waals surface area (Å²) in [5.41, 5.74) is -1.02. The Balaban J connectivity index is 1.24. The molecule has 2 heterocycles. The Bertz CT molecular complexity index is 1010. The van der Waals surface area contributed by atoms with Gasteiger partial charge in [-0.1, -0.05) is 6.82 Å². The maximum Gasteiger partial charge on any atom is 0.256 e. The zero-order valence-corrected chi connectivity index (χ0v) is 17.9. The van der Waals surface area contributed by atoms with Gasteiger partial charge in [0.1, 0.15) is 5.78 Å². The van der Waals surface area contributed by atoms with Crippen LogP contribution >= 0.6 is 0 Å². The minimum atomic E-state index is -0.511. The quantitative estimate of drug-likeness (QED) is 0.464. The van der Waals surface area contributed by atoms with Gasteiger partial charge in [0.25, 0.3) is 7.41 Å². The highest BCUT2D eigenvalue weighted by atomic mass is 16.2. The molecule has 5 saturated carbocycles. The fourth-order valence-corrected chi connectivity index (χ4v) is 9.99. The second kappa shape index (κ2) is 5.32. The first kappa shape index (κ1) is 18.6. The van der Waals surface area contributed by atoms with Gasteiger partial charge < -0.3 is 4.81 Å². The summed E-state index contributed by atoms with van der Waals surface area (Å²) in [6.07, 6.45) is 4.58. The van der Waals surface area contributed by atoms with Crippen LogP contribution < -0.4 is 0 Å². The molecule has 0 aromatic heterocycles. The minimum absolute atomic E-state index is 0.0351. The van der Waals surface area contributed by atoms with Gasteiger partial charge in [-0.15, -0.1) is 0 Å². The number of hydrogen-bond donors (Lipinski definition) is 0. The number of Topliss-reactive ketones (excluding diaryl/α,β-unsaturated/α-hetero) is 1. The lowest BCUT2D eigenvalue weighted by atomic mass is 9.58. The Kier molecular flexibility index (Phi) is 3.19. The van der Waals surface area contributed by atoms with Crippen molar-refractivity contribution in [2.45, 2.75) is 45.3 Å². The number of ketones is 1. The Morgan fingerprint density at radius 1 is 0.742 bits per heavy atom. The Morgan fingerprint density at radius 3 is 1.74 bits per heavy atom. The average Bonchev–Trinajstić information content (AvgIpc) is 3.58. The highest BCUT2D eigenvalue weighted by Crippen LogP contribution is 2.75. The van der Waals surface area contributed by atoms with Crippen LogP contribution in [0.15, 0.2) is 0 Å². The van der Waals surface area contributed by atoms with Gasteiger partial charge in [-0.05, 0) is 62.2 Å². The summed E-state index contributed by atoms with van der Waals surface area (Å²) in [5.74, 6) is -1.11. The van der Waals surface area contributed by atoms with Crippen LogP contribution in [0.5, 0.6) is 0 Å². The SMILES string of the molecule is C[B]N1C(=O)C2C3C[C@H](C2C1=O)[C@@]1(CC[C@]2(CC4C[C@@H]2C2C(=O)N(C)C(=O)C42)C1=O)C3. The van der Waals surface area contributed by atoms with Crippen LogP contribution in [0.3, 0.4) is 0 Å². The highest BCUT2D eigenvalue weighted by molar-refractivity contribution is 6.43. The first-order valence-electron chi connectivity index (χ1n) is 11.8. The van der Waals surface area contributed by atoms with Crippen molar-refractivity contribution in [2.75, 3.05) is 7.05 Å². The monoisotopic (exact) mass is 421 g/mol. The lowest BCUT2D eigenvalue weighted by Gasteiger charge is -2.42. The molecule has 2 aliphatic heterocycles. The van der Waals surface area contributed by atoms with Crippen LogP contribution in [0.2, 0.25) is 6.82 Å². The molecule has 0 N–H and O–H groups in total. The van der Waals surface area contributed by atoms with Crippen molar-refractivity contribution in [1.29, 1.82) is 0 Å². The molecule has 2 spiro atoms. The summed E-state index contributed by atoms with van der Waals surface area (Å²) in [6.45, 7) is 1.72. The lowest BCUT2D eigenvalue weighted by molar-refractivity contribution is -0.145. The molecular formula is C23H26BN2O5. The second-order valence-corrected chi connectivity index (χ2v) is 11.4. The Labute approximate surface area is 181 Å². The Morgan fingerprint density at radius 2 is 1.19 bits per heavy atom. The fourth-order valence-electron chi connectivity index (χ4n) is 9.99. The zero-order chi connectivity index (χ0) is 21.6. The van der Waals surface area contributed by atoms with Crippen LogP contribution in [0.1, 0.15) is 38.5 Å². The van der Waals surface area contributed by atoms with E-state index in [2.05, 4.69) is 0 Å². The van der Waals surface area contributed by atoms with E-state index >= 15 is 0 Å². The highest BCUT2D eigenvalue weighted by Gasteiger charge is 2.78. The van der Waals surface area contributed by atoms with Gasteiger partial charge in [0.05, 0.1) is 23.7 Å². The van der Waals surface area contributed by atoms with Crippen molar-refractivity contribution >= 4 is 36.8 Å². The molecule has 7 rings (SSSR count). The van der Waals surface area contributed by atoms with E-state index in [4.69, 9.17) is 0 Å². The number of amides is 4. The molecule has 4 amide bonds. The van der Waals surface area contributed by atoms with E-state index in [9.17, 15) is 24.0 Å². The zero-order valence-electron chi connectivity index (χ0n) is 17.9. The van der Waals surface area contributed by atoms with E-state index in [-0.39, 0.29) is 76.8 Å². The number of likely N-dealkylation sites (tertiary alicyclic amines) is 1. The van der Waals surface area contributed by atoms with E-state index in [1.165, 1.54) is 9.71 Å². The van der Waals surface area contributed by atoms with Crippen molar-refractivity contribution in [1.82, 2.24) is 9.71 Å². The van der Waals surface area contributed by atoms with Crippen molar-refractivity contribution in [3.63, 3.8) is 0 Å². The summed E-state index contributed by atoms with van der Waals surface area (Å²) in [5, 5.41) is 0. The number of carbonyl (C=O) groups excluding carboxylic acids is 5. The van der Waals surface area contributed by atoms with E-state index in [0.29, 0.717) is 6.42 Å². The van der Waals surface area contributed by atoms with Crippen LogP contribution in [0.25, 0.3) is 0 Å². The Hall–Kier alpha value is -1.99. The van der Waals surface area contributed by atoms with Crippen molar-refractivity contribution in [2.24, 2.45) is 58.2 Å². The van der Waals surface area contributed by atoms with Gasteiger partial charge in [-0.25, -0.2) is 0 Å². The molecule has 0 aromatic rings. The predicted octanol–water partition coefficient (Wildman–Crippen LogP) is 0.901.